The van der Waals surface area contributed by atoms with Crippen LogP contribution in [0, 0.1) is 0 Å². The van der Waals surface area contributed by atoms with E-state index in [1.54, 1.807) is 0 Å². The first-order valence-corrected chi connectivity index (χ1v) is 1.46. The molecule has 0 spiro atoms. The van der Waals surface area contributed by atoms with Crippen molar-refractivity contribution in [3.8, 4) is 0 Å². The molecule has 0 rings (SSSR count). The summed E-state index contributed by atoms with van der Waals surface area (Å²) in [6, 6.07) is 0. The number of hydrogen-bond donors (Lipinski definition) is 0. The van der Waals surface area contributed by atoms with E-state index in [9.17, 15) is 19.8 Å². The summed E-state index contributed by atoms with van der Waals surface area (Å²) in [6.45, 7) is 0. The van der Waals surface area contributed by atoms with E-state index in [0.29, 0.717) is 0 Å². The fraction of sp³-hybridized carbons (Fsp3) is 0. The van der Waals surface area contributed by atoms with Crippen LogP contribution in [0.2, 0.25) is 0 Å². The Morgan fingerprint density at radius 2 is 1.10 bits per heavy atom. The Morgan fingerprint density at radius 3 is 1.20 bits per heavy atom. The third-order valence-electron chi connectivity index (χ3n) is 0.213. The van der Waals surface area contributed by atoms with Gasteiger partial charge in [0.05, 0.1) is 0 Å². The SMILES string of the molecule is O=C([O-])/N=N/C(=O)[O-].[Li+].[Li+]. The van der Waals surface area contributed by atoms with Crippen LogP contribution in [0.3, 0.4) is 0 Å². The molecule has 0 unspecified atom stereocenters. The number of rotatable bonds is 0. The number of hydrogen-bond acceptors (Lipinski definition) is 4. The number of nitrogens with zero attached hydrogens (tertiary/aromatic N) is 2. The van der Waals surface area contributed by atoms with Gasteiger partial charge in [0.1, 0.15) is 0 Å². The largest absolute Gasteiger partial charge is 1.00 e. The van der Waals surface area contributed by atoms with E-state index in [1.807, 2.05) is 0 Å². The van der Waals surface area contributed by atoms with Crippen molar-refractivity contribution < 1.29 is 57.5 Å². The summed E-state index contributed by atoms with van der Waals surface area (Å²) >= 11 is 0. The van der Waals surface area contributed by atoms with Gasteiger partial charge in [0.15, 0.2) is 12.2 Å². The van der Waals surface area contributed by atoms with Crippen molar-refractivity contribution in [1.29, 1.82) is 0 Å². The number of carboxylic acid groups (broad SMARTS) is 2. The van der Waals surface area contributed by atoms with E-state index in [1.165, 1.54) is 0 Å². The second kappa shape index (κ2) is 8.73. The topological polar surface area (TPSA) is 105 Å². The minimum absolute atomic E-state index is 0. The molecule has 44 valence electrons. The molecule has 0 fully saturated rings. The van der Waals surface area contributed by atoms with Gasteiger partial charge in [-0.25, -0.2) is 0 Å². The van der Waals surface area contributed by atoms with Gasteiger partial charge in [0.25, 0.3) is 0 Å². The Morgan fingerprint density at radius 1 is 0.900 bits per heavy atom. The van der Waals surface area contributed by atoms with Crippen LogP contribution in [0.4, 0.5) is 9.59 Å². The Kier molecular flexibility index (Phi) is 14.3. The van der Waals surface area contributed by atoms with Crippen molar-refractivity contribution in [1.82, 2.24) is 0 Å². The molecule has 0 aromatic carbocycles. The second-order valence-electron chi connectivity index (χ2n) is 0.732. The Hall–Kier alpha value is -0.265. The fourth-order valence-corrected chi connectivity index (χ4v) is 0.0816. The van der Waals surface area contributed by atoms with E-state index in [4.69, 9.17) is 0 Å². The van der Waals surface area contributed by atoms with Gasteiger partial charge in [0.2, 0.25) is 0 Å². The summed E-state index contributed by atoms with van der Waals surface area (Å²) < 4.78 is 0. The van der Waals surface area contributed by atoms with E-state index in [-0.39, 0.29) is 37.7 Å². The summed E-state index contributed by atoms with van der Waals surface area (Å²) in [5.41, 5.74) is 0. The van der Waals surface area contributed by atoms with Gasteiger partial charge in [-0.1, -0.05) is 0 Å². The molecule has 0 aliphatic carbocycles. The second-order valence-corrected chi connectivity index (χ2v) is 0.732. The molecule has 0 radical (unpaired) electrons. The molecule has 10 heavy (non-hydrogen) atoms. The summed E-state index contributed by atoms with van der Waals surface area (Å²) in [5, 5.41) is 22.7. The molecule has 8 heteroatoms. The van der Waals surface area contributed by atoms with E-state index in [0.717, 1.165) is 0 Å². The van der Waals surface area contributed by atoms with Crippen LogP contribution in [0.25, 0.3) is 0 Å². The molecule has 0 aromatic heterocycles. The standard InChI is InChI=1S/C2H2N2O4.2Li/c5-1(6)3-4-2(7)8;;/h(H,5,6)(H,7,8);;/q;2*+1/p-2/b4-3+;;. The molecule has 2 amide bonds. The quantitative estimate of drug-likeness (QED) is 0.239. The van der Waals surface area contributed by atoms with Crippen molar-refractivity contribution in [2.45, 2.75) is 0 Å². The number of azo groups is 1. The first kappa shape index (κ1) is 16.4. The van der Waals surface area contributed by atoms with Gasteiger partial charge in [-0.3, -0.25) is 0 Å². The molecule has 0 aromatic rings. The van der Waals surface area contributed by atoms with Gasteiger partial charge in [-0.15, -0.1) is 10.2 Å². The van der Waals surface area contributed by atoms with Gasteiger partial charge in [-0.2, -0.15) is 0 Å². The fourth-order valence-electron chi connectivity index (χ4n) is 0.0816. The molecule has 0 aliphatic heterocycles. The summed E-state index contributed by atoms with van der Waals surface area (Å²) in [5.74, 6) is 0. The number of carbonyl (C=O) groups is 2. The predicted molar refractivity (Wildman–Crippen MR) is 15.6 cm³/mol. The Balaban J connectivity index is -0.000000245. The van der Waals surface area contributed by atoms with Crippen LogP contribution in [0.15, 0.2) is 10.2 Å². The van der Waals surface area contributed by atoms with Crippen LogP contribution >= 0.6 is 0 Å². The molecule has 0 aliphatic rings. The first-order valence-electron chi connectivity index (χ1n) is 1.46. The molecule has 0 saturated carbocycles. The monoisotopic (exact) mass is 130 g/mol. The van der Waals surface area contributed by atoms with Crippen molar-refractivity contribution >= 4 is 12.2 Å². The Bertz CT molecular complexity index is 130. The zero-order valence-electron chi connectivity index (χ0n) is 5.53. The zero-order chi connectivity index (χ0) is 6.57. The average molecular weight is 130 g/mol. The predicted octanol–water partition coefficient (Wildman–Crippen LogP) is -7.87. The third kappa shape index (κ3) is 15.6. The maximum atomic E-state index is 9.24. The average Bonchev–Trinajstić information content (AvgIpc) is 1.61. The van der Waals surface area contributed by atoms with Crippen molar-refractivity contribution in [2.24, 2.45) is 10.2 Å². The molecule has 0 N–H and O–H groups in total. The van der Waals surface area contributed by atoms with Crippen LogP contribution in [-0.2, 0) is 0 Å². The number of amides is 2. The molecule has 6 nitrogen and oxygen atoms in total. The molecule has 0 bridgehead atoms. The van der Waals surface area contributed by atoms with Crippen LogP contribution in [-0.4, -0.2) is 12.2 Å². The van der Waals surface area contributed by atoms with Gasteiger partial charge in [-0.05, 0) is 0 Å². The van der Waals surface area contributed by atoms with E-state index >= 15 is 0 Å². The van der Waals surface area contributed by atoms with Crippen LogP contribution < -0.4 is 47.9 Å². The maximum Gasteiger partial charge on any atom is 1.00 e. The third-order valence-corrected chi connectivity index (χ3v) is 0.213. The molecule has 0 heterocycles. The number of carbonyl (C=O) groups excluding carboxylic acids is 2. The summed E-state index contributed by atoms with van der Waals surface area (Å²) in [6.07, 6.45) is -3.82. The van der Waals surface area contributed by atoms with Gasteiger partial charge in [0, 0.05) is 0 Å². The summed E-state index contributed by atoms with van der Waals surface area (Å²) in [4.78, 5) is 18.5. The first-order chi connectivity index (χ1) is 3.63. The molecule has 0 atom stereocenters. The smallest absolute Gasteiger partial charge is 0.527 e. The summed E-state index contributed by atoms with van der Waals surface area (Å²) in [7, 11) is 0. The van der Waals surface area contributed by atoms with Gasteiger partial charge < -0.3 is 19.8 Å². The van der Waals surface area contributed by atoms with Gasteiger partial charge >= 0.3 is 37.7 Å². The molecular weight excluding hydrogens is 130 g/mol. The molecule has 0 saturated heterocycles. The minimum atomic E-state index is -1.91. The van der Waals surface area contributed by atoms with Crippen LogP contribution in [0.5, 0.6) is 0 Å². The van der Waals surface area contributed by atoms with E-state index in [2.05, 4.69) is 10.2 Å². The molecular formula is C2Li2N2O4. The van der Waals surface area contributed by atoms with E-state index < -0.39 is 12.2 Å². The van der Waals surface area contributed by atoms with Crippen LogP contribution in [0.1, 0.15) is 0 Å². The minimum Gasteiger partial charge on any atom is -0.527 e. The normalized spacial score (nSPS) is 7.60. The van der Waals surface area contributed by atoms with Crippen molar-refractivity contribution in [3.63, 3.8) is 0 Å². The maximum absolute atomic E-state index is 9.24. The van der Waals surface area contributed by atoms with Crippen molar-refractivity contribution in [3.05, 3.63) is 0 Å². The van der Waals surface area contributed by atoms with Crippen molar-refractivity contribution in [2.75, 3.05) is 0 Å². The Labute approximate surface area is 80.1 Å². The zero-order valence-corrected chi connectivity index (χ0v) is 5.53.